The van der Waals surface area contributed by atoms with Crippen LogP contribution in [-0.4, -0.2) is 24.9 Å². The third kappa shape index (κ3) is 2.29. The molecule has 0 atom stereocenters. The molecule has 2 aromatic carbocycles. The van der Waals surface area contributed by atoms with Gasteiger partial charge in [-0.1, -0.05) is 6.07 Å². The number of rotatable bonds is 2. The van der Waals surface area contributed by atoms with Crippen LogP contribution in [0.5, 0.6) is 5.75 Å². The lowest BCUT2D eigenvalue weighted by Gasteiger charge is -2.10. The quantitative estimate of drug-likeness (QED) is 0.551. The Bertz CT molecular complexity index is 1040. The van der Waals surface area contributed by atoms with E-state index in [1.807, 2.05) is 34.9 Å². The van der Waals surface area contributed by atoms with Gasteiger partial charge in [-0.3, -0.25) is 14.6 Å². The van der Waals surface area contributed by atoms with Crippen molar-refractivity contribution >= 4 is 23.1 Å². The van der Waals surface area contributed by atoms with Gasteiger partial charge in [-0.05, 0) is 60.7 Å². The Labute approximate surface area is 136 Å². The lowest BCUT2D eigenvalue weighted by molar-refractivity contribution is 0.475. The molecule has 4 rings (SSSR count). The molecule has 0 unspecified atom stereocenters. The van der Waals surface area contributed by atoms with E-state index in [0.717, 1.165) is 22.2 Å². The molecule has 0 fully saturated rings. The van der Waals surface area contributed by atoms with Gasteiger partial charge in [0.1, 0.15) is 5.75 Å². The Morgan fingerprint density at radius 1 is 1.00 bits per heavy atom. The summed E-state index contributed by atoms with van der Waals surface area (Å²) in [5, 5.41) is 17.7. The number of aromatic nitrogens is 4. The molecular formula is C17H12N4OS. The molecule has 112 valence electrons. The van der Waals surface area contributed by atoms with Gasteiger partial charge >= 0.3 is 0 Å². The van der Waals surface area contributed by atoms with E-state index in [0.29, 0.717) is 10.6 Å². The Morgan fingerprint density at radius 3 is 2.65 bits per heavy atom. The highest BCUT2D eigenvalue weighted by molar-refractivity contribution is 7.71. The zero-order chi connectivity index (χ0) is 15.8. The fourth-order valence-electron chi connectivity index (χ4n) is 2.61. The minimum Gasteiger partial charge on any atom is -0.508 e. The van der Waals surface area contributed by atoms with Crippen molar-refractivity contribution in [3.63, 3.8) is 0 Å². The van der Waals surface area contributed by atoms with Gasteiger partial charge in [0.15, 0.2) is 10.6 Å². The predicted octanol–water partition coefficient (Wildman–Crippen LogP) is 3.85. The van der Waals surface area contributed by atoms with Crippen molar-refractivity contribution < 1.29 is 5.11 Å². The van der Waals surface area contributed by atoms with Crippen LogP contribution in [0.15, 0.2) is 60.8 Å². The number of hydrogen-bond donors (Lipinski definition) is 2. The van der Waals surface area contributed by atoms with E-state index >= 15 is 0 Å². The molecule has 0 aliphatic carbocycles. The maximum Gasteiger partial charge on any atom is 0.200 e. The van der Waals surface area contributed by atoms with Crippen LogP contribution in [-0.2, 0) is 0 Å². The van der Waals surface area contributed by atoms with Crippen LogP contribution in [0.3, 0.4) is 0 Å². The highest BCUT2D eigenvalue weighted by Gasteiger charge is 2.13. The normalized spacial score (nSPS) is 11.0. The van der Waals surface area contributed by atoms with Gasteiger partial charge in [-0.2, -0.15) is 5.10 Å². The fourth-order valence-corrected chi connectivity index (χ4v) is 2.84. The fraction of sp³-hybridized carbons (Fsp3) is 0. The number of nitrogens with one attached hydrogen (secondary N) is 1. The first-order valence-electron chi connectivity index (χ1n) is 7.05. The summed E-state index contributed by atoms with van der Waals surface area (Å²) in [6.07, 6.45) is 1.77. The van der Waals surface area contributed by atoms with E-state index in [-0.39, 0.29) is 5.75 Å². The minimum absolute atomic E-state index is 0.212. The topological polar surface area (TPSA) is 66.7 Å². The van der Waals surface area contributed by atoms with Gasteiger partial charge < -0.3 is 5.11 Å². The molecule has 6 heteroatoms. The first kappa shape index (κ1) is 13.7. The molecule has 0 bridgehead atoms. The summed E-state index contributed by atoms with van der Waals surface area (Å²) in [7, 11) is 0. The third-order valence-electron chi connectivity index (χ3n) is 3.66. The third-order valence-corrected chi connectivity index (χ3v) is 3.94. The van der Waals surface area contributed by atoms with E-state index in [1.54, 1.807) is 30.5 Å². The van der Waals surface area contributed by atoms with Gasteiger partial charge in [0.05, 0.1) is 11.2 Å². The summed E-state index contributed by atoms with van der Waals surface area (Å²) in [6.45, 7) is 0. The molecule has 0 amide bonds. The van der Waals surface area contributed by atoms with Gasteiger partial charge in [0, 0.05) is 17.1 Å². The molecule has 0 saturated carbocycles. The van der Waals surface area contributed by atoms with Crippen LogP contribution < -0.4 is 0 Å². The van der Waals surface area contributed by atoms with Crippen molar-refractivity contribution in [3.05, 3.63) is 65.6 Å². The summed E-state index contributed by atoms with van der Waals surface area (Å²) in [6, 6.07) is 16.7. The highest BCUT2D eigenvalue weighted by atomic mass is 32.1. The highest BCUT2D eigenvalue weighted by Crippen LogP contribution is 2.27. The van der Waals surface area contributed by atoms with Gasteiger partial charge in [-0.25, -0.2) is 0 Å². The van der Waals surface area contributed by atoms with Gasteiger partial charge in [0.2, 0.25) is 0 Å². The number of phenolic OH excluding ortho intramolecular Hbond substituents is 1. The number of fused-ring (bicyclic) bond motifs is 1. The number of aromatic hydroxyl groups is 1. The first-order chi connectivity index (χ1) is 11.2. The van der Waals surface area contributed by atoms with Crippen molar-refractivity contribution in [2.24, 2.45) is 0 Å². The molecule has 2 N–H and O–H groups in total. The van der Waals surface area contributed by atoms with Crippen LogP contribution in [0.2, 0.25) is 0 Å². The maximum absolute atomic E-state index is 9.47. The van der Waals surface area contributed by atoms with E-state index in [4.69, 9.17) is 12.2 Å². The van der Waals surface area contributed by atoms with E-state index in [9.17, 15) is 5.11 Å². The summed E-state index contributed by atoms with van der Waals surface area (Å²) >= 11 is 5.42. The van der Waals surface area contributed by atoms with E-state index in [1.165, 1.54) is 0 Å². The average Bonchev–Trinajstić information content (AvgIpc) is 2.96. The lowest BCUT2D eigenvalue weighted by Crippen LogP contribution is -1.99. The average molecular weight is 320 g/mol. The Kier molecular flexibility index (Phi) is 3.17. The van der Waals surface area contributed by atoms with E-state index in [2.05, 4.69) is 15.2 Å². The molecule has 0 saturated heterocycles. The molecule has 0 radical (unpaired) electrons. The summed E-state index contributed by atoms with van der Waals surface area (Å²) in [5.41, 5.74) is 2.67. The van der Waals surface area contributed by atoms with Crippen molar-refractivity contribution in [2.75, 3.05) is 0 Å². The zero-order valence-electron chi connectivity index (χ0n) is 12.0. The van der Waals surface area contributed by atoms with Crippen molar-refractivity contribution in [3.8, 4) is 22.8 Å². The SMILES string of the molecule is Oc1ccc(-c2n[nH]c(=S)n2-c2cccc3ncccc23)cc1. The van der Waals surface area contributed by atoms with Crippen molar-refractivity contribution in [1.29, 1.82) is 0 Å². The molecule has 0 aliphatic heterocycles. The number of H-pyrrole nitrogens is 1. The van der Waals surface area contributed by atoms with Crippen molar-refractivity contribution in [1.82, 2.24) is 19.7 Å². The maximum atomic E-state index is 9.47. The van der Waals surface area contributed by atoms with Crippen LogP contribution >= 0.6 is 12.2 Å². The van der Waals surface area contributed by atoms with Gasteiger partial charge in [-0.15, -0.1) is 0 Å². The number of hydrogen-bond acceptors (Lipinski definition) is 4. The molecule has 2 aromatic heterocycles. The zero-order valence-corrected chi connectivity index (χ0v) is 12.8. The number of pyridine rings is 1. The largest absolute Gasteiger partial charge is 0.508 e. The van der Waals surface area contributed by atoms with Crippen LogP contribution in [0.4, 0.5) is 0 Å². The second-order valence-electron chi connectivity index (χ2n) is 5.08. The predicted molar refractivity (Wildman–Crippen MR) is 91.2 cm³/mol. The van der Waals surface area contributed by atoms with E-state index < -0.39 is 0 Å². The lowest BCUT2D eigenvalue weighted by atomic mass is 10.1. The Hall–Kier alpha value is -2.99. The Balaban J connectivity index is 2.01. The molecule has 2 heterocycles. The summed E-state index contributed by atoms with van der Waals surface area (Å²) in [4.78, 5) is 4.38. The number of benzene rings is 2. The molecule has 23 heavy (non-hydrogen) atoms. The molecule has 0 spiro atoms. The smallest absolute Gasteiger partial charge is 0.200 e. The molecule has 5 nitrogen and oxygen atoms in total. The van der Waals surface area contributed by atoms with Crippen LogP contribution in [0, 0.1) is 4.77 Å². The summed E-state index contributed by atoms with van der Waals surface area (Å²) < 4.78 is 2.38. The minimum atomic E-state index is 0.212. The van der Waals surface area contributed by atoms with Crippen LogP contribution in [0.1, 0.15) is 0 Å². The van der Waals surface area contributed by atoms with Gasteiger partial charge in [0.25, 0.3) is 0 Å². The molecule has 4 aromatic rings. The first-order valence-corrected chi connectivity index (χ1v) is 7.46. The monoisotopic (exact) mass is 320 g/mol. The summed E-state index contributed by atoms with van der Waals surface area (Å²) in [5.74, 6) is 0.898. The number of phenols is 1. The second kappa shape index (κ2) is 5.33. The second-order valence-corrected chi connectivity index (χ2v) is 5.47. The molecule has 0 aliphatic rings. The van der Waals surface area contributed by atoms with Crippen molar-refractivity contribution in [2.45, 2.75) is 0 Å². The number of nitrogens with zero attached hydrogens (tertiary/aromatic N) is 3. The molecular weight excluding hydrogens is 308 g/mol. The number of aromatic amines is 1. The standard InChI is InChI=1S/C17H12N4OS/c22-12-8-6-11(7-9-12)16-19-20-17(23)21(16)15-5-1-4-14-13(15)3-2-10-18-14/h1-10,22H,(H,20,23). The Morgan fingerprint density at radius 2 is 1.83 bits per heavy atom. The van der Waals surface area contributed by atoms with Crippen LogP contribution in [0.25, 0.3) is 28.0 Å².